The van der Waals surface area contributed by atoms with Gasteiger partial charge >= 0.3 is 6.18 Å². The van der Waals surface area contributed by atoms with Crippen LogP contribution in [-0.4, -0.2) is 29.8 Å². The number of hydrogen-bond donors (Lipinski definition) is 1. The molecule has 2 amide bonds. The summed E-state index contributed by atoms with van der Waals surface area (Å²) in [6, 6.07) is 4.10. The van der Waals surface area contributed by atoms with Crippen molar-refractivity contribution >= 4 is 11.8 Å². The molecule has 0 radical (unpaired) electrons. The van der Waals surface area contributed by atoms with Crippen LogP contribution in [0.2, 0.25) is 0 Å². The number of benzene rings is 1. The molecule has 1 N–H and O–H groups in total. The first-order valence-corrected chi connectivity index (χ1v) is 8.36. The van der Waals surface area contributed by atoms with Crippen LogP contribution in [0.15, 0.2) is 48.6 Å². The average Bonchev–Trinajstić information content (AvgIpc) is 2.99. The van der Waals surface area contributed by atoms with E-state index in [0.29, 0.717) is 24.9 Å². The molecule has 1 aromatic carbocycles. The third-order valence-electron chi connectivity index (χ3n) is 4.06. The number of amides is 2. The molecule has 26 heavy (non-hydrogen) atoms. The largest absolute Gasteiger partial charge is 0.416 e. The van der Waals surface area contributed by atoms with Gasteiger partial charge in [0.2, 0.25) is 11.8 Å². The van der Waals surface area contributed by atoms with Gasteiger partial charge in [-0.05, 0) is 31.0 Å². The van der Waals surface area contributed by atoms with Crippen LogP contribution < -0.4 is 5.32 Å². The molecule has 0 bridgehead atoms. The second-order valence-corrected chi connectivity index (χ2v) is 6.01. The van der Waals surface area contributed by atoms with Crippen molar-refractivity contribution < 1.29 is 22.8 Å². The van der Waals surface area contributed by atoms with E-state index < -0.39 is 23.7 Å². The monoisotopic (exact) mass is 366 g/mol. The van der Waals surface area contributed by atoms with E-state index in [2.05, 4.69) is 5.32 Å². The second kappa shape index (κ2) is 8.69. The highest BCUT2D eigenvalue weighted by Crippen LogP contribution is 2.31. The summed E-state index contributed by atoms with van der Waals surface area (Å²) in [4.78, 5) is 25.5. The van der Waals surface area contributed by atoms with Crippen molar-refractivity contribution in [2.45, 2.75) is 32.0 Å². The van der Waals surface area contributed by atoms with Gasteiger partial charge in [-0.3, -0.25) is 9.59 Å². The Morgan fingerprint density at radius 2 is 2.12 bits per heavy atom. The van der Waals surface area contributed by atoms with Crippen LogP contribution in [0.1, 0.15) is 36.9 Å². The predicted molar refractivity (Wildman–Crippen MR) is 92.1 cm³/mol. The molecule has 1 atom stereocenters. The zero-order chi connectivity index (χ0) is 19.2. The molecule has 1 saturated heterocycles. The van der Waals surface area contributed by atoms with Crippen molar-refractivity contribution in [3.8, 4) is 0 Å². The second-order valence-electron chi connectivity index (χ2n) is 6.01. The molecule has 0 aromatic heterocycles. The van der Waals surface area contributed by atoms with Gasteiger partial charge in [0.05, 0.1) is 11.6 Å². The van der Waals surface area contributed by atoms with Gasteiger partial charge in [-0.15, -0.1) is 0 Å². The number of halogens is 3. The Kier molecular flexibility index (Phi) is 6.60. The van der Waals surface area contributed by atoms with Gasteiger partial charge in [-0.2, -0.15) is 13.2 Å². The third kappa shape index (κ3) is 5.47. The van der Waals surface area contributed by atoms with Gasteiger partial charge in [0, 0.05) is 25.6 Å². The number of carbonyl (C=O) groups is 2. The number of allylic oxidation sites excluding steroid dienone is 3. The summed E-state index contributed by atoms with van der Waals surface area (Å²) >= 11 is 0. The first-order chi connectivity index (χ1) is 12.3. The maximum absolute atomic E-state index is 13.0. The van der Waals surface area contributed by atoms with Gasteiger partial charge in [0.1, 0.15) is 0 Å². The molecule has 0 spiro atoms. The molecule has 2 rings (SSSR count). The van der Waals surface area contributed by atoms with E-state index in [-0.39, 0.29) is 12.5 Å². The van der Waals surface area contributed by atoms with Crippen LogP contribution in [0, 0.1) is 0 Å². The maximum Gasteiger partial charge on any atom is 0.416 e. The summed E-state index contributed by atoms with van der Waals surface area (Å²) in [5, 5.41) is 2.70. The van der Waals surface area contributed by atoms with E-state index in [0.717, 1.165) is 12.1 Å². The first-order valence-electron chi connectivity index (χ1n) is 8.36. The van der Waals surface area contributed by atoms with Crippen LogP contribution in [0.3, 0.4) is 0 Å². The molecule has 0 saturated carbocycles. The lowest BCUT2D eigenvalue weighted by molar-refractivity contribution is -0.137. The first kappa shape index (κ1) is 19.8. The average molecular weight is 366 g/mol. The van der Waals surface area contributed by atoms with Crippen LogP contribution in [-0.2, 0) is 15.8 Å². The highest BCUT2D eigenvalue weighted by atomic mass is 19.4. The molecule has 1 aliphatic rings. The third-order valence-corrected chi connectivity index (χ3v) is 4.06. The summed E-state index contributed by atoms with van der Waals surface area (Å²) in [5.41, 5.74) is -0.473. The lowest BCUT2D eigenvalue weighted by Crippen LogP contribution is -2.38. The van der Waals surface area contributed by atoms with Crippen LogP contribution >= 0.6 is 0 Å². The van der Waals surface area contributed by atoms with Crippen molar-refractivity contribution in [1.29, 1.82) is 0 Å². The van der Waals surface area contributed by atoms with Crippen LogP contribution in [0.5, 0.6) is 0 Å². The predicted octanol–water partition coefficient (Wildman–Crippen LogP) is 3.62. The lowest BCUT2D eigenvalue weighted by atomic mass is 10.0. The molecule has 1 fully saturated rings. The number of hydrogen-bond acceptors (Lipinski definition) is 2. The van der Waals surface area contributed by atoms with Gasteiger partial charge in [-0.1, -0.05) is 30.4 Å². The minimum absolute atomic E-state index is 0.0549. The van der Waals surface area contributed by atoms with Crippen molar-refractivity contribution in [2.75, 3.05) is 13.1 Å². The normalized spacial score (nSPS) is 16.6. The summed E-state index contributed by atoms with van der Waals surface area (Å²) < 4.78 is 39.0. The Labute approximate surface area is 150 Å². The lowest BCUT2D eigenvalue weighted by Gasteiger charge is -2.25. The highest BCUT2D eigenvalue weighted by molar-refractivity contribution is 5.88. The van der Waals surface area contributed by atoms with Crippen LogP contribution in [0.25, 0.3) is 0 Å². The number of carbonyl (C=O) groups excluding carboxylic acids is 2. The number of alkyl halides is 3. The van der Waals surface area contributed by atoms with E-state index in [1.54, 1.807) is 30.1 Å². The van der Waals surface area contributed by atoms with E-state index in [1.165, 1.54) is 18.2 Å². The zero-order valence-corrected chi connectivity index (χ0v) is 14.4. The van der Waals surface area contributed by atoms with Crippen molar-refractivity contribution in [3.05, 3.63) is 59.7 Å². The maximum atomic E-state index is 13.0. The SMILES string of the molecule is C/C=C\C=C\C(=O)NC(CN1CCCC1=O)c1cccc(C(F)(F)F)c1. The molecule has 1 unspecified atom stereocenters. The van der Waals surface area contributed by atoms with E-state index >= 15 is 0 Å². The summed E-state index contributed by atoms with van der Waals surface area (Å²) in [5.74, 6) is -0.488. The summed E-state index contributed by atoms with van der Waals surface area (Å²) in [6.07, 6.45) is 2.92. The molecule has 140 valence electrons. The van der Waals surface area contributed by atoms with E-state index in [4.69, 9.17) is 0 Å². The molecular weight excluding hydrogens is 345 g/mol. The number of rotatable bonds is 6. The minimum Gasteiger partial charge on any atom is -0.344 e. The van der Waals surface area contributed by atoms with Gasteiger partial charge in [0.15, 0.2) is 0 Å². The Bertz CT molecular complexity index is 711. The Hall–Kier alpha value is -2.57. The van der Waals surface area contributed by atoms with Gasteiger partial charge in [0.25, 0.3) is 0 Å². The highest BCUT2D eigenvalue weighted by Gasteiger charge is 2.32. The standard InChI is InChI=1S/C19H21F3N2O2/c1-2-3-4-9-17(25)23-16(13-24-11-6-10-18(24)26)14-7-5-8-15(12-14)19(20,21)22/h2-5,7-9,12,16H,6,10-11,13H2,1H3,(H,23,25)/b3-2-,9-4+. The molecule has 7 heteroatoms. The fraction of sp³-hybridized carbons (Fsp3) is 0.368. The minimum atomic E-state index is -4.47. The Morgan fingerprint density at radius 1 is 1.35 bits per heavy atom. The topological polar surface area (TPSA) is 49.4 Å². The van der Waals surface area contributed by atoms with Crippen molar-refractivity contribution in [1.82, 2.24) is 10.2 Å². The molecule has 0 aliphatic carbocycles. The fourth-order valence-corrected chi connectivity index (χ4v) is 2.76. The quantitative estimate of drug-likeness (QED) is 0.618. The summed E-state index contributed by atoms with van der Waals surface area (Å²) in [7, 11) is 0. The Balaban J connectivity index is 2.24. The van der Waals surface area contributed by atoms with Crippen molar-refractivity contribution in [3.63, 3.8) is 0 Å². The molecule has 4 nitrogen and oxygen atoms in total. The smallest absolute Gasteiger partial charge is 0.344 e. The van der Waals surface area contributed by atoms with Crippen LogP contribution in [0.4, 0.5) is 13.2 Å². The molecule has 1 aromatic rings. The molecule has 1 aliphatic heterocycles. The number of nitrogens with one attached hydrogen (secondary N) is 1. The summed E-state index contributed by atoms with van der Waals surface area (Å²) in [6.45, 7) is 2.48. The molecular formula is C19H21F3N2O2. The van der Waals surface area contributed by atoms with E-state index in [1.807, 2.05) is 0 Å². The van der Waals surface area contributed by atoms with Crippen molar-refractivity contribution in [2.24, 2.45) is 0 Å². The molecule has 1 heterocycles. The van der Waals surface area contributed by atoms with Gasteiger partial charge in [-0.25, -0.2) is 0 Å². The fourth-order valence-electron chi connectivity index (χ4n) is 2.76. The number of nitrogens with zero attached hydrogens (tertiary/aromatic N) is 1. The zero-order valence-electron chi connectivity index (χ0n) is 14.4. The van der Waals surface area contributed by atoms with E-state index in [9.17, 15) is 22.8 Å². The number of likely N-dealkylation sites (tertiary alicyclic amines) is 1. The van der Waals surface area contributed by atoms with Gasteiger partial charge < -0.3 is 10.2 Å². The Morgan fingerprint density at radius 3 is 2.73 bits per heavy atom.